The molecule has 0 aromatic carbocycles. The fourth-order valence-corrected chi connectivity index (χ4v) is 1.73. The maximum absolute atomic E-state index is 5.32. The van der Waals surface area contributed by atoms with E-state index in [9.17, 15) is 0 Å². The summed E-state index contributed by atoms with van der Waals surface area (Å²) in [5, 5.41) is 0. The van der Waals surface area contributed by atoms with Crippen LogP contribution in [0, 0.1) is 0 Å². The van der Waals surface area contributed by atoms with Gasteiger partial charge >= 0.3 is 0 Å². The Hall–Kier alpha value is -1.06. The first kappa shape index (κ1) is 10.5. The molecule has 2 heterocycles. The summed E-state index contributed by atoms with van der Waals surface area (Å²) < 4.78 is 10.6. The van der Waals surface area contributed by atoms with E-state index in [4.69, 9.17) is 9.15 Å². The summed E-state index contributed by atoms with van der Waals surface area (Å²) in [7, 11) is 0. The van der Waals surface area contributed by atoms with E-state index in [1.165, 1.54) is 0 Å². The predicted octanol–water partition coefficient (Wildman–Crippen LogP) is 2.01. The Bertz CT molecular complexity index is 299. The van der Waals surface area contributed by atoms with Crippen LogP contribution in [0.25, 0.3) is 6.08 Å². The fraction of sp³-hybridized carbons (Fsp3) is 0.500. The fourth-order valence-electron chi connectivity index (χ4n) is 1.73. The van der Waals surface area contributed by atoms with Gasteiger partial charge in [-0.15, -0.1) is 0 Å². The van der Waals surface area contributed by atoms with Crippen LogP contribution in [0.3, 0.4) is 0 Å². The van der Waals surface area contributed by atoms with E-state index < -0.39 is 0 Å². The second kappa shape index (κ2) is 5.14. The van der Waals surface area contributed by atoms with Crippen LogP contribution in [0.15, 0.2) is 28.9 Å². The van der Waals surface area contributed by atoms with Crippen LogP contribution in [0.1, 0.15) is 12.7 Å². The van der Waals surface area contributed by atoms with Gasteiger partial charge in [-0.2, -0.15) is 0 Å². The molecule has 1 aliphatic heterocycles. The third-order valence-electron chi connectivity index (χ3n) is 2.70. The Morgan fingerprint density at radius 1 is 1.40 bits per heavy atom. The largest absolute Gasteiger partial charge is 0.465 e. The van der Waals surface area contributed by atoms with Crippen LogP contribution in [0.4, 0.5) is 0 Å². The van der Waals surface area contributed by atoms with Gasteiger partial charge < -0.3 is 9.15 Å². The van der Waals surface area contributed by atoms with Crippen LogP contribution in [-0.4, -0.2) is 37.2 Å². The predicted molar refractivity (Wildman–Crippen MR) is 59.6 cm³/mol. The van der Waals surface area contributed by atoms with Crippen molar-refractivity contribution >= 4 is 6.08 Å². The minimum Gasteiger partial charge on any atom is -0.465 e. The molecule has 0 aliphatic carbocycles. The van der Waals surface area contributed by atoms with Crippen LogP contribution in [-0.2, 0) is 4.74 Å². The Kier molecular flexibility index (Phi) is 3.59. The molecular weight excluding hydrogens is 190 g/mol. The minimum absolute atomic E-state index is 0.444. The maximum atomic E-state index is 5.32. The maximum Gasteiger partial charge on any atom is 0.126 e. The number of hydrogen-bond donors (Lipinski definition) is 0. The molecule has 1 aromatic rings. The second-order valence-corrected chi connectivity index (χ2v) is 3.76. The summed E-state index contributed by atoms with van der Waals surface area (Å²) in [6.45, 7) is 5.93. The van der Waals surface area contributed by atoms with Gasteiger partial charge in [0.2, 0.25) is 0 Å². The summed E-state index contributed by atoms with van der Waals surface area (Å²) in [6.07, 6.45) is 5.89. The molecule has 0 spiro atoms. The average Bonchev–Trinajstić information content (AvgIpc) is 2.80. The molecule has 2 rings (SSSR count). The molecular formula is C12H17NO2. The number of nitrogens with zero attached hydrogens (tertiary/aromatic N) is 1. The summed E-state index contributed by atoms with van der Waals surface area (Å²) in [4.78, 5) is 2.41. The van der Waals surface area contributed by atoms with Crippen molar-refractivity contribution in [2.75, 3.05) is 26.3 Å². The molecule has 1 aliphatic rings. The van der Waals surface area contributed by atoms with Gasteiger partial charge in [-0.3, -0.25) is 4.90 Å². The quantitative estimate of drug-likeness (QED) is 0.758. The number of morpholine rings is 1. The third-order valence-corrected chi connectivity index (χ3v) is 2.70. The molecule has 0 unspecified atom stereocenters. The highest BCUT2D eigenvalue weighted by Crippen LogP contribution is 2.08. The molecule has 82 valence electrons. The zero-order chi connectivity index (χ0) is 10.5. The van der Waals surface area contributed by atoms with Crippen molar-refractivity contribution in [1.82, 2.24) is 4.90 Å². The van der Waals surface area contributed by atoms with Crippen molar-refractivity contribution in [3.05, 3.63) is 30.2 Å². The molecule has 3 heteroatoms. The van der Waals surface area contributed by atoms with Gasteiger partial charge in [0.25, 0.3) is 0 Å². The highest BCUT2D eigenvalue weighted by atomic mass is 16.5. The monoisotopic (exact) mass is 207 g/mol. The molecule has 0 saturated carbocycles. The molecule has 1 aromatic heterocycles. The highest BCUT2D eigenvalue weighted by molar-refractivity contribution is 5.42. The molecule has 1 fully saturated rings. The van der Waals surface area contributed by atoms with Crippen molar-refractivity contribution in [1.29, 1.82) is 0 Å². The SMILES string of the molecule is C[C@@H](/C=C/c1ccco1)N1CCOCC1. The first-order chi connectivity index (χ1) is 7.36. The lowest BCUT2D eigenvalue weighted by molar-refractivity contribution is 0.0288. The molecule has 1 saturated heterocycles. The van der Waals surface area contributed by atoms with E-state index in [2.05, 4.69) is 17.9 Å². The van der Waals surface area contributed by atoms with Gasteiger partial charge in [-0.05, 0) is 25.1 Å². The van der Waals surface area contributed by atoms with Crippen molar-refractivity contribution < 1.29 is 9.15 Å². The van der Waals surface area contributed by atoms with E-state index in [1.54, 1.807) is 6.26 Å². The molecule has 0 N–H and O–H groups in total. The van der Waals surface area contributed by atoms with Crippen molar-refractivity contribution in [3.8, 4) is 0 Å². The number of furan rings is 1. The Morgan fingerprint density at radius 2 is 2.20 bits per heavy atom. The first-order valence-corrected chi connectivity index (χ1v) is 5.40. The van der Waals surface area contributed by atoms with Gasteiger partial charge in [0.15, 0.2) is 0 Å². The van der Waals surface area contributed by atoms with Crippen LogP contribution in [0.5, 0.6) is 0 Å². The minimum atomic E-state index is 0.444. The lowest BCUT2D eigenvalue weighted by Gasteiger charge is -2.30. The summed E-state index contributed by atoms with van der Waals surface area (Å²) in [5.41, 5.74) is 0. The van der Waals surface area contributed by atoms with E-state index in [0.29, 0.717) is 6.04 Å². The molecule has 15 heavy (non-hydrogen) atoms. The van der Waals surface area contributed by atoms with Gasteiger partial charge in [0.1, 0.15) is 5.76 Å². The van der Waals surface area contributed by atoms with E-state index >= 15 is 0 Å². The lowest BCUT2D eigenvalue weighted by Crippen LogP contribution is -2.41. The van der Waals surface area contributed by atoms with Crippen molar-refractivity contribution in [3.63, 3.8) is 0 Å². The summed E-state index contributed by atoms with van der Waals surface area (Å²) in [5.74, 6) is 0.912. The molecule has 0 amide bonds. The first-order valence-electron chi connectivity index (χ1n) is 5.40. The normalized spacial score (nSPS) is 20.9. The topological polar surface area (TPSA) is 25.6 Å². The standard InChI is InChI=1S/C12H17NO2/c1-11(13-6-9-14-10-7-13)4-5-12-3-2-8-15-12/h2-5,8,11H,6-7,9-10H2,1H3/b5-4+/t11-/m0/s1. The molecule has 3 nitrogen and oxygen atoms in total. The Morgan fingerprint density at radius 3 is 2.87 bits per heavy atom. The average molecular weight is 207 g/mol. The zero-order valence-electron chi connectivity index (χ0n) is 9.06. The third kappa shape index (κ3) is 2.94. The van der Waals surface area contributed by atoms with E-state index in [1.807, 2.05) is 18.2 Å². The van der Waals surface area contributed by atoms with Crippen LogP contribution < -0.4 is 0 Å². The van der Waals surface area contributed by atoms with Crippen LogP contribution in [0.2, 0.25) is 0 Å². The second-order valence-electron chi connectivity index (χ2n) is 3.76. The van der Waals surface area contributed by atoms with E-state index in [0.717, 1.165) is 32.1 Å². The molecule has 1 atom stereocenters. The number of rotatable bonds is 3. The number of ether oxygens (including phenoxy) is 1. The van der Waals surface area contributed by atoms with Crippen molar-refractivity contribution in [2.24, 2.45) is 0 Å². The van der Waals surface area contributed by atoms with Crippen molar-refractivity contribution in [2.45, 2.75) is 13.0 Å². The summed E-state index contributed by atoms with van der Waals surface area (Å²) in [6, 6.07) is 4.31. The van der Waals surface area contributed by atoms with E-state index in [-0.39, 0.29) is 0 Å². The molecule has 0 radical (unpaired) electrons. The Labute approximate surface area is 90.3 Å². The van der Waals surface area contributed by atoms with Gasteiger partial charge in [0, 0.05) is 19.1 Å². The molecule has 0 bridgehead atoms. The highest BCUT2D eigenvalue weighted by Gasteiger charge is 2.14. The van der Waals surface area contributed by atoms with Gasteiger partial charge in [-0.1, -0.05) is 6.08 Å². The van der Waals surface area contributed by atoms with Gasteiger partial charge in [-0.25, -0.2) is 0 Å². The zero-order valence-corrected chi connectivity index (χ0v) is 9.06. The number of hydrogen-bond acceptors (Lipinski definition) is 3. The van der Waals surface area contributed by atoms with Gasteiger partial charge in [0.05, 0.1) is 19.5 Å². The smallest absolute Gasteiger partial charge is 0.126 e. The van der Waals surface area contributed by atoms with Crippen LogP contribution >= 0.6 is 0 Å². The Balaban J connectivity index is 1.87. The lowest BCUT2D eigenvalue weighted by atomic mass is 10.2. The summed E-state index contributed by atoms with van der Waals surface area (Å²) >= 11 is 0.